The lowest BCUT2D eigenvalue weighted by Gasteiger charge is -2.38. The van der Waals surface area contributed by atoms with Crippen molar-refractivity contribution < 1.29 is 38.6 Å². The van der Waals surface area contributed by atoms with Gasteiger partial charge in [-0.15, -0.1) is 0 Å². The van der Waals surface area contributed by atoms with Gasteiger partial charge in [-0.05, 0) is 18.4 Å². The summed E-state index contributed by atoms with van der Waals surface area (Å²) in [4.78, 5) is 78.1. The van der Waals surface area contributed by atoms with Crippen LogP contribution in [-0.4, -0.2) is 96.5 Å². The molecule has 2 saturated heterocycles. The van der Waals surface area contributed by atoms with Crippen molar-refractivity contribution in [2.45, 2.75) is 62.2 Å². The number of carboxylic acids is 1. The molecule has 2 fully saturated rings. The van der Waals surface area contributed by atoms with Gasteiger partial charge in [0.1, 0.15) is 23.7 Å². The number of rotatable bonds is 8. The third kappa shape index (κ3) is 9.95. The van der Waals surface area contributed by atoms with Crippen LogP contribution >= 0.6 is 0 Å². The maximum absolute atomic E-state index is 13.8. The van der Waals surface area contributed by atoms with Gasteiger partial charge < -0.3 is 47.5 Å². The summed E-state index contributed by atoms with van der Waals surface area (Å²) in [5.74, 6) is -5.47. The quantitative estimate of drug-likeness (QED) is 0.0840. The van der Waals surface area contributed by atoms with E-state index in [2.05, 4.69) is 31.9 Å². The number of aliphatic carboxylic acids is 1. The van der Waals surface area contributed by atoms with Gasteiger partial charge in [-0.1, -0.05) is 30.3 Å². The zero-order valence-electron chi connectivity index (χ0n) is 23.6. The van der Waals surface area contributed by atoms with Crippen molar-refractivity contribution in [1.29, 1.82) is 5.41 Å². The summed E-state index contributed by atoms with van der Waals surface area (Å²) in [6.07, 6.45) is -0.204. The molecule has 5 amide bonds. The maximum atomic E-state index is 13.8. The predicted octanol–water partition coefficient (Wildman–Crippen LogP) is -2.78. The van der Waals surface area contributed by atoms with Gasteiger partial charge in [-0.2, -0.15) is 0 Å². The minimum atomic E-state index is -1.55. The van der Waals surface area contributed by atoms with Crippen LogP contribution in [-0.2, 0) is 39.9 Å². The lowest BCUT2D eigenvalue weighted by atomic mass is 9.87. The summed E-state index contributed by atoms with van der Waals surface area (Å²) in [5, 5.41) is 32.0. The van der Waals surface area contributed by atoms with Gasteiger partial charge in [-0.25, -0.2) is 0 Å². The van der Waals surface area contributed by atoms with Crippen LogP contribution in [0.1, 0.15) is 37.7 Å². The van der Waals surface area contributed by atoms with Crippen LogP contribution in [0.3, 0.4) is 0 Å². The van der Waals surface area contributed by atoms with E-state index in [4.69, 9.17) is 15.9 Å². The molecular weight excluding hydrogens is 564 g/mol. The number of carbonyl (C=O) groups is 6. The van der Waals surface area contributed by atoms with Crippen LogP contribution in [0.4, 0.5) is 0 Å². The molecule has 2 aliphatic heterocycles. The molecule has 1 aromatic carbocycles. The zero-order valence-corrected chi connectivity index (χ0v) is 23.6. The SMILES string of the molecule is N=C(N)NCCC[C@@H]1NC(=O)C2(CCOCC2)NC(=O)[C@@H](Cc2ccccc2)NC(=O)[C@H](CC(=O)O)NC(=O)CNC1=O. The maximum Gasteiger partial charge on any atom is 0.305 e. The number of ether oxygens (including phenoxy) is 1. The molecule has 0 aromatic heterocycles. The van der Waals surface area contributed by atoms with Crippen LogP contribution in [0.2, 0.25) is 0 Å². The topological polar surface area (TPSA) is 254 Å². The fraction of sp³-hybridized carbons (Fsp3) is 0.519. The van der Waals surface area contributed by atoms with Crippen molar-refractivity contribution in [3.05, 3.63) is 35.9 Å². The molecule has 43 heavy (non-hydrogen) atoms. The highest BCUT2D eigenvalue weighted by molar-refractivity contribution is 5.99. The summed E-state index contributed by atoms with van der Waals surface area (Å²) in [6, 6.07) is 4.83. The first-order valence-electron chi connectivity index (χ1n) is 13.9. The molecule has 1 spiro atoms. The van der Waals surface area contributed by atoms with E-state index in [1.165, 1.54) is 0 Å². The Morgan fingerprint density at radius 2 is 1.67 bits per heavy atom. The largest absolute Gasteiger partial charge is 0.481 e. The number of benzene rings is 1. The molecule has 0 aliphatic carbocycles. The highest BCUT2D eigenvalue weighted by atomic mass is 16.5. The third-order valence-electron chi connectivity index (χ3n) is 7.12. The standard InChI is InChI=1S/C27H38N8O8/c28-26(29)30-10-4-7-17-22(39)31-15-20(36)32-19(14-21(37)38)23(40)33-18(13-16-5-2-1-3-6-16)24(41)35-27(25(42)34-17)8-11-43-12-9-27/h1-3,5-6,17-19H,4,7-15H2,(H,31,39)(H,32,36)(H,33,40)(H,34,42)(H,35,41)(H,37,38)(H4,28,29,30)/t17-,18+,19-/m0/s1. The van der Waals surface area contributed by atoms with Crippen LogP contribution in [0.15, 0.2) is 30.3 Å². The normalized spacial score (nSPS) is 23.3. The Kier molecular flexibility index (Phi) is 11.8. The van der Waals surface area contributed by atoms with Gasteiger partial charge in [0.05, 0.1) is 13.0 Å². The number of carbonyl (C=O) groups excluding carboxylic acids is 5. The van der Waals surface area contributed by atoms with E-state index in [-0.39, 0.29) is 51.4 Å². The Balaban J connectivity index is 1.97. The second kappa shape index (κ2) is 15.5. The molecule has 16 heteroatoms. The third-order valence-corrected chi connectivity index (χ3v) is 7.12. The molecule has 3 rings (SSSR count). The number of nitrogens with two attached hydrogens (primary N) is 1. The van der Waals surface area contributed by atoms with E-state index in [1.807, 2.05) is 0 Å². The highest BCUT2D eigenvalue weighted by Crippen LogP contribution is 2.22. The molecule has 0 saturated carbocycles. The zero-order chi connectivity index (χ0) is 31.4. The minimum Gasteiger partial charge on any atom is -0.481 e. The van der Waals surface area contributed by atoms with Gasteiger partial charge >= 0.3 is 5.97 Å². The number of guanidine groups is 1. The van der Waals surface area contributed by atoms with E-state index >= 15 is 0 Å². The van der Waals surface area contributed by atoms with Gasteiger partial charge in [-0.3, -0.25) is 34.2 Å². The number of carboxylic acid groups (broad SMARTS) is 1. The molecule has 0 bridgehead atoms. The average Bonchev–Trinajstić information content (AvgIpc) is 2.96. The van der Waals surface area contributed by atoms with E-state index in [0.29, 0.717) is 12.0 Å². The Bertz CT molecular complexity index is 1200. The second-order valence-electron chi connectivity index (χ2n) is 10.4. The molecule has 10 N–H and O–H groups in total. The molecule has 16 nitrogen and oxygen atoms in total. The Labute approximate surface area is 247 Å². The van der Waals surface area contributed by atoms with Gasteiger partial charge in [0.15, 0.2) is 5.96 Å². The lowest BCUT2D eigenvalue weighted by molar-refractivity contribution is -0.142. The number of nitrogens with one attached hydrogen (secondary N) is 7. The smallest absolute Gasteiger partial charge is 0.305 e. The summed E-state index contributed by atoms with van der Waals surface area (Å²) in [7, 11) is 0. The first kappa shape index (κ1) is 32.8. The summed E-state index contributed by atoms with van der Waals surface area (Å²) >= 11 is 0. The Morgan fingerprint density at radius 3 is 2.33 bits per heavy atom. The molecular formula is C27H38N8O8. The van der Waals surface area contributed by atoms with Crippen molar-refractivity contribution >= 4 is 41.5 Å². The van der Waals surface area contributed by atoms with Crippen LogP contribution in [0, 0.1) is 5.41 Å². The van der Waals surface area contributed by atoms with Crippen molar-refractivity contribution in [2.24, 2.45) is 5.73 Å². The monoisotopic (exact) mass is 602 g/mol. The van der Waals surface area contributed by atoms with Crippen molar-refractivity contribution in [3.63, 3.8) is 0 Å². The fourth-order valence-corrected chi connectivity index (χ4v) is 4.80. The van der Waals surface area contributed by atoms with Gasteiger partial charge in [0, 0.05) is 39.0 Å². The van der Waals surface area contributed by atoms with E-state index in [9.17, 15) is 33.9 Å². The molecule has 0 radical (unpaired) electrons. The second-order valence-corrected chi connectivity index (χ2v) is 10.4. The van der Waals surface area contributed by atoms with E-state index in [0.717, 1.165) is 0 Å². The van der Waals surface area contributed by atoms with Crippen molar-refractivity contribution in [1.82, 2.24) is 31.9 Å². The Hall–Kier alpha value is -4.73. The number of hydrogen-bond acceptors (Lipinski definition) is 8. The summed E-state index contributed by atoms with van der Waals surface area (Å²) in [6.45, 7) is -0.0925. The molecule has 3 atom stereocenters. The average molecular weight is 603 g/mol. The van der Waals surface area contributed by atoms with Crippen LogP contribution in [0.5, 0.6) is 0 Å². The van der Waals surface area contributed by atoms with Gasteiger partial charge in [0.25, 0.3) is 0 Å². The molecule has 1 aromatic rings. The molecule has 0 unspecified atom stereocenters. The fourth-order valence-electron chi connectivity index (χ4n) is 4.80. The number of amides is 5. The first-order chi connectivity index (χ1) is 20.5. The summed E-state index contributed by atoms with van der Waals surface area (Å²) in [5.41, 5.74) is 4.50. The molecule has 2 aliphatic rings. The minimum absolute atomic E-state index is 0.00612. The predicted molar refractivity (Wildman–Crippen MR) is 151 cm³/mol. The first-order valence-corrected chi connectivity index (χ1v) is 13.9. The van der Waals surface area contributed by atoms with E-state index in [1.54, 1.807) is 30.3 Å². The highest BCUT2D eigenvalue weighted by Gasteiger charge is 2.44. The van der Waals surface area contributed by atoms with Crippen LogP contribution < -0.4 is 37.6 Å². The number of hydrogen-bond donors (Lipinski definition) is 9. The summed E-state index contributed by atoms with van der Waals surface area (Å²) < 4.78 is 5.44. The van der Waals surface area contributed by atoms with Crippen LogP contribution in [0.25, 0.3) is 0 Å². The Morgan fingerprint density at radius 1 is 0.977 bits per heavy atom. The van der Waals surface area contributed by atoms with Gasteiger partial charge in [0.2, 0.25) is 29.5 Å². The van der Waals surface area contributed by atoms with Crippen molar-refractivity contribution in [2.75, 3.05) is 26.3 Å². The van der Waals surface area contributed by atoms with Crippen molar-refractivity contribution in [3.8, 4) is 0 Å². The van der Waals surface area contributed by atoms with E-state index < -0.39 is 72.1 Å². The lowest BCUT2D eigenvalue weighted by Crippen LogP contribution is -2.66. The molecule has 2 heterocycles. The molecule has 234 valence electrons.